The molecule has 0 amide bonds. The van der Waals surface area contributed by atoms with E-state index in [4.69, 9.17) is 0 Å². The summed E-state index contributed by atoms with van der Waals surface area (Å²) in [7, 11) is 2.20. The number of hydrogen-bond donors (Lipinski definition) is 1. The second-order valence-corrected chi connectivity index (χ2v) is 6.22. The lowest BCUT2D eigenvalue weighted by Crippen LogP contribution is -2.44. The van der Waals surface area contributed by atoms with Crippen molar-refractivity contribution in [2.45, 2.75) is 44.8 Å². The number of nitrogens with one attached hydrogen (secondary N) is 1. The number of likely N-dealkylation sites (N-methyl/N-ethyl adjacent to an activating group) is 1. The fourth-order valence-electron chi connectivity index (χ4n) is 2.40. The molecule has 1 aromatic rings. The molecule has 0 bridgehead atoms. The van der Waals surface area contributed by atoms with Gasteiger partial charge in [0.1, 0.15) is 5.01 Å². The van der Waals surface area contributed by atoms with Crippen LogP contribution >= 0.6 is 11.3 Å². The molecule has 16 heavy (non-hydrogen) atoms. The van der Waals surface area contributed by atoms with E-state index in [1.165, 1.54) is 11.4 Å². The predicted molar refractivity (Wildman–Crippen MR) is 68.8 cm³/mol. The van der Waals surface area contributed by atoms with Gasteiger partial charge in [-0.15, -0.1) is 11.3 Å². The standard InChI is InChI=1S/C12H21N3S/c1-9-7-10(8-15(9)4)14-12(2,3)11-13-5-6-16-11/h5-6,9-10,14H,7-8H2,1-4H3. The summed E-state index contributed by atoms with van der Waals surface area (Å²) in [6.45, 7) is 7.86. The van der Waals surface area contributed by atoms with Crippen LogP contribution in [0.4, 0.5) is 0 Å². The molecule has 0 radical (unpaired) electrons. The second-order valence-electron chi connectivity index (χ2n) is 5.33. The van der Waals surface area contributed by atoms with Crippen LogP contribution in [0, 0.1) is 0 Å². The largest absolute Gasteiger partial charge is 0.302 e. The molecule has 2 unspecified atom stereocenters. The summed E-state index contributed by atoms with van der Waals surface area (Å²) >= 11 is 1.73. The Morgan fingerprint density at radius 3 is 2.81 bits per heavy atom. The third kappa shape index (κ3) is 2.44. The molecule has 0 aliphatic carbocycles. The highest BCUT2D eigenvalue weighted by molar-refractivity contribution is 7.09. The minimum Gasteiger partial charge on any atom is -0.302 e. The van der Waals surface area contributed by atoms with Crippen molar-refractivity contribution < 1.29 is 0 Å². The van der Waals surface area contributed by atoms with Gasteiger partial charge in [-0.1, -0.05) is 0 Å². The van der Waals surface area contributed by atoms with Gasteiger partial charge < -0.3 is 10.2 Å². The van der Waals surface area contributed by atoms with E-state index in [2.05, 4.69) is 43.0 Å². The Kier molecular flexibility index (Phi) is 3.33. The van der Waals surface area contributed by atoms with Crippen LogP contribution in [0.1, 0.15) is 32.2 Å². The average molecular weight is 239 g/mol. The first kappa shape index (κ1) is 12.0. The first-order chi connectivity index (χ1) is 7.49. The lowest BCUT2D eigenvalue weighted by atomic mass is 10.0. The third-order valence-electron chi connectivity index (χ3n) is 3.42. The highest BCUT2D eigenvalue weighted by Crippen LogP contribution is 2.25. The van der Waals surface area contributed by atoms with Gasteiger partial charge in [0, 0.05) is 30.2 Å². The number of aromatic nitrogens is 1. The SMILES string of the molecule is CC1CC(NC(C)(C)c2nccs2)CN1C. The van der Waals surface area contributed by atoms with Gasteiger partial charge in [-0.25, -0.2) is 4.98 Å². The van der Waals surface area contributed by atoms with Crippen LogP contribution in [0.25, 0.3) is 0 Å². The molecule has 0 aromatic carbocycles. The molecule has 4 heteroatoms. The Morgan fingerprint density at radius 1 is 1.56 bits per heavy atom. The quantitative estimate of drug-likeness (QED) is 0.875. The van der Waals surface area contributed by atoms with Crippen LogP contribution in [0.3, 0.4) is 0 Å². The summed E-state index contributed by atoms with van der Waals surface area (Å²) < 4.78 is 0. The Morgan fingerprint density at radius 2 is 2.31 bits per heavy atom. The van der Waals surface area contributed by atoms with Gasteiger partial charge in [0.2, 0.25) is 0 Å². The summed E-state index contributed by atoms with van der Waals surface area (Å²) in [5.74, 6) is 0. The molecular formula is C12H21N3S. The molecule has 1 saturated heterocycles. The van der Waals surface area contributed by atoms with E-state index >= 15 is 0 Å². The van der Waals surface area contributed by atoms with E-state index in [1.807, 2.05) is 11.6 Å². The van der Waals surface area contributed by atoms with Crippen molar-refractivity contribution in [3.8, 4) is 0 Å². The first-order valence-corrected chi connectivity index (χ1v) is 6.75. The van der Waals surface area contributed by atoms with E-state index in [0.717, 1.165) is 6.54 Å². The molecule has 2 rings (SSSR count). The number of nitrogens with zero attached hydrogens (tertiary/aromatic N) is 2. The second kappa shape index (κ2) is 4.43. The van der Waals surface area contributed by atoms with Gasteiger partial charge in [-0.05, 0) is 34.2 Å². The van der Waals surface area contributed by atoms with E-state index in [0.29, 0.717) is 12.1 Å². The molecule has 3 nitrogen and oxygen atoms in total. The summed E-state index contributed by atoms with van der Waals surface area (Å²) in [5.41, 5.74) is -0.0102. The number of thiazole rings is 1. The molecule has 0 saturated carbocycles. The zero-order chi connectivity index (χ0) is 11.8. The lowest BCUT2D eigenvalue weighted by molar-refractivity contribution is 0.311. The highest BCUT2D eigenvalue weighted by Gasteiger charge is 2.32. The first-order valence-electron chi connectivity index (χ1n) is 5.87. The Labute approximate surface area is 102 Å². The molecular weight excluding hydrogens is 218 g/mol. The summed E-state index contributed by atoms with van der Waals surface area (Å²) in [4.78, 5) is 6.82. The van der Waals surface area contributed by atoms with Crippen LogP contribution in [-0.4, -0.2) is 35.6 Å². The maximum atomic E-state index is 4.41. The normalized spacial score (nSPS) is 27.5. The maximum Gasteiger partial charge on any atom is 0.112 e. The van der Waals surface area contributed by atoms with Crippen molar-refractivity contribution in [2.75, 3.05) is 13.6 Å². The van der Waals surface area contributed by atoms with Crippen LogP contribution in [0.5, 0.6) is 0 Å². The minimum atomic E-state index is -0.0102. The van der Waals surface area contributed by atoms with Gasteiger partial charge >= 0.3 is 0 Å². The predicted octanol–water partition coefficient (Wildman–Crippen LogP) is 2.06. The summed E-state index contributed by atoms with van der Waals surface area (Å²) in [6.07, 6.45) is 3.11. The van der Waals surface area contributed by atoms with Crippen LogP contribution < -0.4 is 5.32 Å². The number of hydrogen-bond acceptors (Lipinski definition) is 4. The molecule has 1 fully saturated rings. The molecule has 1 aliphatic heterocycles. The molecule has 0 spiro atoms. The number of likely N-dealkylation sites (tertiary alicyclic amines) is 1. The molecule has 1 aromatic heterocycles. The zero-order valence-corrected chi connectivity index (χ0v) is 11.3. The maximum absolute atomic E-state index is 4.41. The molecule has 2 heterocycles. The van der Waals surface area contributed by atoms with Gasteiger partial charge in [-0.3, -0.25) is 0 Å². The summed E-state index contributed by atoms with van der Waals surface area (Å²) in [6, 6.07) is 1.27. The Balaban J connectivity index is 2.00. The Hall–Kier alpha value is -0.450. The zero-order valence-electron chi connectivity index (χ0n) is 10.5. The molecule has 1 aliphatic rings. The minimum absolute atomic E-state index is 0.0102. The smallest absolute Gasteiger partial charge is 0.112 e. The molecule has 2 atom stereocenters. The van der Waals surface area contributed by atoms with Crippen molar-refractivity contribution in [1.29, 1.82) is 0 Å². The van der Waals surface area contributed by atoms with Crippen LogP contribution in [0.2, 0.25) is 0 Å². The van der Waals surface area contributed by atoms with Crippen molar-refractivity contribution in [3.63, 3.8) is 0 Å². The monoisotopic (exact) mass is 239 g/mol. The lowest BCUT2D eigenvalue weighted by Gasteiger charge is -2.28. The van der Waals surface area contributed by atoms with E-state index in [-0.39, 0.29) is 5.54 Å². The fourth-order valence-corrected chi connectivity index (χ4v) is 3.13. The topological polar surface area (TPSA) is 28.2 Å². The van der Waals surface area contributed by atoms with E-state index in [1.54, 1.807) is 11.3 Å². The van der Waals surface area contributed by atoms with Crippen LogP contribution in [-0.2, 0) is 5.54 Å². The third-order valence-corrected chi connectivity index (χ3v) is 4.52. The van der Waals surface area contributed by atoms with Crippen molar-refractivity contribution >= 4 is 11.3 Å². The van der Waals surface area contributed by atoms with Gasteiger partial charge in [0.25, 0.3) is 0 Å². The fraction of sp³-hybridized carbons (Fsp3) is 0.750. The van der Waals surface area contributed by atoms with Gasteiger partial charge in [0.15, 0.2) is 0 Å². The average Bonchev–Trinajstić information content (AvgIpc) is 2.77. The summed E-state index contributed by atoms with van der Waals surface area (Å²) in [5, 5.41) is 6.94. The van der Waals surface area contributed by atoms with Crippen molar-refractivity contribution in [1.82, 2.24) is 15.2 Å². The highest BCUT2D eigenvalue weighted by atomic mass is 32.1. The number of rotatable bonds is 3. The van der Waals surface area contributed by atoms with E-state index < -0.39 is 0 Å². The molecule has 90 valence electrons. The van der Waals surface area contributed by atoms with Crippen LogP contribution in [0.15, 0.2) is 11.6 Å². The van der Waals surface area contributed by atoms with Gasteiger partial charge in [-0.2, -0.15) is 0 Å². The van der Waals surface area contributed by atoms with Crippen molar-refractivity contribution in [2.24, 2.45) is 0 Å². The molecule has 1 N–H and O–H groups in total. The van der Waals surface area contributed by atoms with Gasteiger partial charge in [0.05, 0.1) is 5.54 Å². The van der Waals surface area contributed by atoms with E-state index in [9.17, 15) is 0 Å². The Bertz CT molecular complexity index is 324. The van der Waals surface area contributed by atoms with Crippen molar-refractivity contribution in [3.05, 3.63) is 16.6 Å².